The lowest BCUT2D eigenvalue weighted by Crippen LogP contribution is -2.19. The first-order chi connectivity index (χ1) is 28.8. The van der Waals surface area contributed by atoms with Gasteiger partial charge in [-0.25, -0.2) is 0 Å². The molecule has 1 heterocycles. The molecule has 8 aromatic rings. The van der Waals surface area contributed by atoms with Gasteiger partial charge >= 0.3 is 0 Å². The quantitative estimate of drug-likeness (QED) is 0.177. The number of hydrogen-bond donors (Lipinski definition) is 0. The smallest absolute Gasteiger partial charge is 0.140 e. The highest BCUT2D eigenvalue weighted by Crippen LogP contribution is 2.59. The summed E-state index contributed by atoms with van der Waals surface area (Å²) in [5.74, 6) is 0. The zero-order valence-electron chi connectivity index (χ0n) is 38.0. The van der Waals surface area contributed by atoms with Gasteiger partial charge in [0.15, 0.2) is 0 Å². The molecular weight excluding hydrogens is 739 g/mol. The molecule has 0 radical (unpaired) electrons. The van der Waals surface area contributed by atoms with E-state index in [0.717, 1.165) is 11.2 Å². The Hall–Kier alpha value is -5.86. The molecule has 3 aliphatic carbocycles. The second-order valence-electron chi connectivity index (χ2n) is 21.8. The van der Waals surface area contributed by atoms with E-state index in [9.17, 15) is 0 Å². The predicted molar refractivity (Wildman–Crippen MR) is 258 cm³/mol. The fourth-order valence-corrected chi connectivity index (χ4v) is 11.5. The van der Waals surface area contributed by atoms with Crippen LogP contribution in [-0.2, 0) is 27.1 Å². The molecule has 2 nitrogen and oxygen atoms in total. The number of furan rings is 1. The highest BCUT2D eigenvalue weighted by Gasteiger charge is 2.43. The standard InChI is InChI=1S/C59H57NO/c1-55(2,3)34-30-43-41-28-29-42-51-46(59(11,12)52(42)54(41)61-53(43)49(31-34)56(4,5)6)22-17-23-50(51)60(35-24-26-39-37-18-13-15-20-44(37)57(7,8)47(39)32-35)36-25-27-40-38-19-14-16-21-45(38)58(9,10)48(40)33-36/h13-33H,1-12H3. The lowest BCUT2D eigenvalue weighted by molar-refractivity contribution is 0.556. The molecule has 0 spiro atoms. The molecule has 0 atom stereocenters. The number of fused-ring (bicyclic) bond motifs is 13. The summed E-state index contributed by atoms with van der Waals surface area (Å²) in [5, 5.41) is 2.41. The molecular formula is C59H57NO. The summed E-state index contributed by atoms with van der Waals surface area (Å²) in [4.78, 5) is 2.55. The van der Waals surface area contributed by atoms with Gasteiger partial charge in [-0.1, -0.05) is 168 Å². The second-order valence-corrected chi connectivity index (χ2v) is 21.8. The van der Waals surface area contributed by atoms with E-state index in [4.69, 9.17) is 4.42 Å². The molecule has 3 aliphatic rings. The van der Waals surface area contributed by atoms with Crippen LogP contribution in [-0.4, -0.2) is 0 Å². The van der Waals surface area contributed by atoms with Gasteiger partial charge in [-0.3, -0.25) is 0 Å². The first-order valence-corrected chi connectivity index (χ1v) is 22.3. The van der Waals surface area contributed by atoms with E-state index < -0.39 is 0 Å². The van der Waals surface area contributed by atoms with Crippen molar-refractivity contribution in [1.82, 2.24) is 0 Å². The van der Waals surface area contributed by atoms with E-state index in [1.165, 1.54) is 106 Å². The summed E-state index contributed by atoms with van der Waals surface area (Å²) in [6, 6.07) is 48.8. The van der Waals surface area contributed by atoms with Gasteiger partial charge in [0.05, 0.1) is 5.69 Å². The Morgan fingerprint density at radius 3 is 1.51 bits per heavy atom. The van der Waals surface area contributed by atoms with E-state index in [1.54, 1.807) is 0 Å². The highest BCUT2D eigenvalue weighted by molar-refractivity contribution is 6.11. The molecule has 0 N–H and O–H groups in total. The second kappa shape index (κ2) is 12.2. The van der Waals surface area contributed by atoms with Crippen LogP contribution in [0.5, 0.6) is 0 Å². The van der Waals surface area contributed by atoms with Crippen LogP contribution >= 0.6 is 0 Å². The summed E-state index contributed by atoms with van der Waals surface area (Å²) in [6.07, 6.45) is 0. The lowest BCUT2D eigenvalue weighted by atomic mass is 9.79. The number of rotatable bonds is 3. The summed E-state index contributed by atoms with van der Waals surface area (Å²) in [6.45, 7) is 28.2. The Balaban J connectivity index is 1.18. The van der Waals surface area contributed by atoms with Crippen LogP contribution in [0, 0.1) is 0 Å². The van der Waals surface area contributed by atoms with Crippen molar-refractivity contribution in [3.63, 3.8) is 0 Å². The van der Waals surface area contributed by atoms with Crippen LogP contribution in [0.4, 0.5) is 17.1 Å². The number of benzene rings is 7. The Morgan fingerprint density at radius 2 is 0.951 bits per heavy atom. The first-order valence-electron chi connectivity index (χ1n) is 22.3. The van der Waals surface area contributed by atoms with Crippen molar-refractivity contribution in [2.75, 3.05) is 4.90 Å². The molecule has 7 aromatic carbocycles. The largest absolute Gasteiger partial charge is 0.455 e. The molecule has 0 saturated heterocycles. The Labute approximate surface area is 362 Å². The third kappa shape index (κ3) is 5.14. The van der Waals surface area contributed by atoms with Gasteiger partial charge in [-0.15, -0.1) is 0 Å². The van der Waals surface area contributed by atoms with Crippen molar-refractivity contribution in [1.29, 1.82) is 0 Å². The highest BCUT2D eigenvalue weighted by atomic mass is 16.3. The minimum atomic E-state index is -0.308. The number of nitrogens with zero attached hydrogens (tertiary/aromatic N) is 1. The van der Waals surface area contributed by atoms with Crippen LogP contribution < -0.4 is 4.90 Å². The van der Waals surface area contributed by atoms with Crippen LogP contribution in [0.15, 0.2) is 132 Å². The van der Waals surface area contributed by atoms with Crippen molar-refractivity contribution in [2.24, 2.45) is 0 Å². The molecule has 1 aromatic heterocycles. The van der Waals surface area contributed by atoms with E-state index in [0.29, 0.717) is 0 Å². The third-order valence-electron chi connectivity index (χ3n) is 14.9. The minimum Gasteiger partial charge on any atom is -0.455 e. The maximum absolute atomic E-state index is 7.25. The normalized spacial score (nSPS) is 16.3. The van der Waals surface area contributed by atoms with Crippen molar-refractivity contribution < 1.29 is 4.42 Å². The summed E-state index contributed by atoms with van der Waals surface area (Å²) < 4.78 is 7.25. The molecule has 0 unspecified atom stereocenters. The van der Waals surface area contributed by atoms with E-state index in [1.807, 2.05) is 0 Å². The van der Waals surface area contributed by atoms with Gasteiger partial charge in [0, 0.05) is 55.1 Å². The fourth-order valence-electron chi connectivity index (χ4n) is 11.5. The van der Waals surface area contributed by atoms with Crippen LogP contribution in [0.2, 0.25) is 0 Å². The number of hydrogen-bond acceptors (Lipinski definition) is 2. The Kier molecular flexibility index (Phi) is 7.59. The maximum atomic E-state index is 7.25. The van der Waals surface area contributed by atoms with E-state index in [2.05, 4.69) is 215 Å². The average Bonchev–Trinajstić information content (AvgIpc) is 3.86. The zero-order valence-corrected chi connectivity index (χ0v) is 38.0. The van der Waals surface area contributed by atoms with E-state index >= 15 is 0 Å². The first kappa shape index (κ1) is 38.1. The summed E-state index contributed by atoms with van der Waals surface area (Å²) >= 11 is 0. The Morgan fingerprint density at radius 1 is 0.426 bits per heavy atom. The predicted octanol–water partition coefficient (Wildman–Crippen LogP) is 16.6. The van der Waals surface area contributed by atoms with Crippen LogP contribution in [0.1, 0.15) is 128 Å². The maximum Gasteiger partial charge on any atom is 0.140 e. The molecule has 0 amide bonds. The van der Waals surface area contributed by atoms with Gasteiger partial charge in [0.2, 0.25) is 0 Å². The SMILES string of the molecule is CC(C)(C)c1cc(C(C)(C)C)c2oc3c4c(ccc3c2c1)-c1c(N(c2ccc3c(c2)C(C)(C)c2ccccc2-3)c2ccc3c(c2)C(C)(C)c2ccccc2-3)cccc1C4(C)C. The molecule has 0 aliphatic heterocycles. The van der Waals surface area contributed by atoms with Gasteiger partial charge in [0.1, 0.15) is 11.2 Å². The molecule has 61 heavy (non-hydrogen) atoms. The van der Waals surface area contributed by atoms with Gasteiger partial charge < -0.3 is 9.32 Å². The molecule has 11 rings (SSSR count). The Bertz CT molecular complexity index is 3080. The third-order valence-corrected chi connectivity index (χ3v) is 14.9. The van der Waals surface area contributed by atoms with Gasteiger partial charge in [0.25, 0.3) is 0 Å². The fraction of sp³-hybridized carbons (Fsp3) is 0.288. The van der Waals surface area contributed by atoms with Crippen LogP contribution in [0.25, 0.3) is 55.3 Å². The van der Waals surface area contributed by atoms with Gasteiger partial charge in [-0.2, -0.15) is 0 Å². The topological polar surface area (TPSA) is 16.4 Å². The summed E-state index contributed by atoms with van der Waals surface area (Å²) in [7, 11) is 0. The minimum absolute atomic E-state index is 0.00744. The molecule has 2 heteroatoms. The van der Waals surface area contributed by atoms with E-state index in [-0.39, 0.29) is 27.1 Å². The van der Waals surface area contributed by atoms with Crippen molar-refractivity contribution in [3.8, 4) is 33.4 Å². The monoisotopic (exact) mass is 795 g/mol. The van der Waals surface area contributed by atoms with Crippen LogP contribution in [0.3, 0.4) is 0 Å². The molecule has 0 bridgehead atoms. The summed E-state index contributed by atoms with van der Waals surface area (Å²) in [5.41, 5.74) is 23.5. The molecule has 304 valence electrons. The number of anilines is 3. The van der Waals surface area contributed by atoms with Crippen molar-refractivity contribution in [3.05, 3.63) is 172 Å². The molecule has 0 saturated carbocycles. The van der Waals surface area contributed by atoms with Crippen molar-refractivity contribution >= 4 is 39.0 Å². The lowest BCUT2D eigenvalue weighted by Gasteiger charge is -2.31. The molecule has 0 fully saturated rings. The van der Waals surface area contributed by atoms with Crippen molar-refractivity contribution in [2.45, 2.75) is 110 Å². The zero-order chi connectivity index (χ0) is 42.8. The van der Waals surface area contributed by atoms with Gasteiger partial charge in [-0.05, 0) is 114 Å². The average molecular weight is 796 g/mol.